The normalized spacial score (nSPS) is 24.8. The maximum Gasteiger partial charge on any atom is 0.224 e. The van der Waals surface area contributed by atoms with Gasteiger partial charge in [-0.2, -0.15) is 0 Å². The second-order valence-electron chi connectivity index (χ2n) is 6.79. The summed E-state index contributed by atoms with van der Waals surface area (Å²) in [6.45, 7) is 9.75. The lowest BCUT2D eigenvalue weighted by atomic mass is 9.95. The lowest BCUT2D eigenvalue weighted by Crippen LogP contribution is -2.47. The standard InChI is InChI=1S/C16H31N3O2/c1-13(2)18(3)11-14-4-7-19(8-5-14)16(20)10-15-12-21-9-6-17-15/h13-15,17H,4-12H2,1-3H3. The summed E-state index contributed by atoms with van der Waals surface area (Å²) < 4.78 is 5.41. The van der Waals surface area contributed by atoms with Crippen molar-refractivity contribution in [3.05, 3.63) is 0 Å². The highest BCUT2D eigenvalue weighted by Gasteiger charge is 2.26. The zero-order chi connectivity index (χ0) is 15.2. The van der Waals surface area contributed by atoms with E-state index in [1.165, 1.54) is 0 Å². The Morgan fingerprint density at radius 1 is 1.38 bits per heavy atom. The van der Waals surface area contributed by atoms with Crippen LogP contribution in [0.15, 0.2) is 0 Å². The third-order valence-corrected chi connectivity index (χ3v) is 4.81. The van der Waals surface area contributed by atoms with Gasteiger partial charge in [0.15, 0.2) is 0 Å². The van der Waals surface area contributed by atoms with Gasteiger partial charge in [0.1, 0.15) is 0 Å². The predicted molar refractivity (Wildman–Crippen MR) is 84.3 cm³/mol. The van der Waals surface area contributed by atoms with Gasteiger partial charge in [0.2, 0.25) is 5.91 Å². The maximum atomic E-state index is 12.3. The number of nitrogens with one attached hydrogen (secondary N) is 1. The number of piperidine rings is 1. The molecule has 0 spiro atoms. The number of likely N-dealkylation sites (tertiary alicyclic amines) is 1. The molecule has 0 saturated carbocycles. The monoisotopic (exact) mass is 297 g/mol. The summed E-state index contributed by atoms with van der Waals surface area (Å²) >= 11 is 0. The summed E-state index contributed by atoms with van der Waals surface area (Å²) in [7, 11) is 2.19. The Bertz CT molecular complexity index is 321. The fourth-order valence-corrected chi connectivity index (χ4v) is 3.07. The molecule has 0 aromatic carbocycles. The SMILES string of the molecule is CC(C)N(C)CC1CCN(C(=O)CC2COCCN2)CC1. The Balaban J connectivity index is 1.69. The minimum atomic E-state index is 0.205. The van der Waals surface area contributed by atoms with E-state index in [1.807, 2.05) is 4.90 Å². The van der Waals surface area contributed by atoms with Crippen LogP contribution in [-0.4, -0.2) is 74.2 Å². The summed E-state index contributed by atoms with van der Waals surface area (Å²) in [5, 5.41) is 3.36. The molecule has 0 aliphatic carbocycles. The van der Waals surface area contributed by atoms with Gasteiger partial charge in [-0.25, -0.2) is 0 Å². The molecular formula is C16H31N3O2. The topological polar surface area (TPSA) is 44.8 Å². The van der Waals surface area contributed by atoms with Gasteiger partial charge in [-0.15, -0.1) is 0 Å². The van der Waals surface area contributed by atoms with E-state index in [9.17, 15) is 4.79 Å². The number of amides is 1. The smallest absolute Gasteiger partial charge is 0.224 e. The zero-order valence-electron chi connectivity index (χ0n) is 13.8. The fraction of sp³-hybridized carbons (Fsp3) is 0.938. The minimum Gasteiger partial charge on any atom is -0.378 e. The lowest BCUT2D eigenvalue weighted by molar-refractivity contribution is -0.133. The van der Waals surface area contributed by atoms with Gasteiger partial charge in [0, 0.05) is 44.7 Å². The highest BCUT2D eigenvalue weighted by atomic mass is 16.5. The number of rotatable bonds is 5. The third kappa shape index (κ3) is 5.24. The van der Waals surface area contributed by atoms with Crippen molar-refractivity contribution < 1.29 is 9.53 Å². The highest BCUT2D eigenvalue weighted by Crippen LogP contribution is 2.19. The van der Waals surface area contributed by atoms with E-state index in [1.54, 1.807) is 0 Å². The largest absolute Gasteiger partial charge is 0.378 e. The molecule has 0 bridgehead atoms. The van der Waals surface area contributed by atoms with Crippen LogP contribution < -0.4 is 5.32 Å². The van der Waals surface area contributed by atoms with Crippen LogP contribution in [0.2, 0.25) is 0 Å². The number of carbonyl (C=O) groups is 1. The minimum absolute atomic E-state index is 0.205. The number of nitrogens with zero attached hydrogens (tertiary/aromatic N) is 2. The van der Waals surface area contributed by atoms with E-state index in [0.29, 0.717) is 19.1 Å². The van der Waals surface area contributed by atoms with Gasteiger partial charge in [-0.3, -0.25) is 4.79 Å². The average molecular weight is 297 g/mol. The number of morpholine rings is 1. The first-order chi connectivity index (χ1) is 10.1. The molecule has 1 unspecified atom stereocenters. The molecule has 0 aromatic rings. The van der Waals surface area contributed by atoms with Gasteiger partial charge >= 0.3 is 0 Å². The maximum absolute atomic E-state index is 12.3. The van der Waals surface area contributed by atoms with Crippen LogP contribution in [-0.2, 0) is 9.53 Å². The van der Waals surface area contributed by atoms with E-state index in [0.717, 1.165) is 51.5 Å². The second kappa shape index (κ2) is 8.11. The molecule has 2 rings (SSSR count). The molecule has 0 aromatic heterocycles. The molecule has 1 amide bonds. The summed E-state index contributed by atoms with van der Waals surface area (Å²) in [5.74, 6) is 1.02. The van der Waals surface area contributed by atoms with E-state index < -0.39 is 0 Å². The van der Waals surface area contributed by atoms with Crippen LogP contribution in [0.4, 0.5) is 0 Å². The van der Waals surface area contributed by atoms with Crippen LogP contribution in [0.25, 0.3) is 0 Å². The molecule has 1 atom stereocenters. The van der Waals surface area contributed by atoms with Crippen LogP contribution in [0.5, 0.6) is 0 Å². The second-order valence-corrected chi connectivity index (χ2v) is 6.79. The molecule has 5 nitrogen and oxygen atoms in total. The van der Waals surface area contributed by atoms with Crippen molar-refractivity contribution in [3.8, 4) is 0 Å². The van der Waals surface area contributed by atoms with Gasteiger partial charge < -0.3 is 19.9 Å². The first kappa shape index (κ1) is 16.7. The van der Waals surface area contributed by atoms with E-state index in [-0.39, 0.29) is 11.9 Å². The van der Waals surface area contributed by atoms with Crippen LogP contribution in [0.1, 0.15) is 33.1 Å². The molecular weight excluding hydrogens is 266 g/mol. The number of carbonyl (C=O) groups excluding carboxylic acids is 1. The summed E-state index contributed by atoms with van der Waals surface area (Å²) in [4.78, 5) is 16.8. The molecule has 2 heterocycles. The number of hydrogen-bond acceptors (Lipinski definition) is 4. The Kier molecular flexibility index (Phi) is 6.45. The average Bonchev–Trinajstić information content (AvgIpc) is 2.48. The lowest BCUT2D eigenvalue weighted by Gasteiger charge is -2.35. The van der Waals surface area contributed by atoms with Gasteiger partial charge in [-0.05, 0) is 39.7 Å². The molecule has 122 valence electrons. The Morgan fingerprint density at radius 3 is 2.67 bits per heavy atom. The van der Waals surface area contributed by atoms with E-state index in [2.05, 4.69) is 31.1 Å². The van der Waals surface area contributed by atoms with Crippen molar-refractivity contribution in [2.24, 2.45) is 5.92 Å². The van der Waals surface area contributed by atoms with Crippen molar-refractivity contribution in [3.63, 3.8) is 0 Å². The molecule has 2 fully saturated rings. The quantitative estimate of drug-likeness (QED) is 0.820. The van der Waals surface area contributed by atoms with E-state index in [4.69, 9.17) is 4.74 Å². The first-order valence-corrected chi connectivity index (χ1v) is 8.35. The van der Waals surface area contributed by atoms with Crippen LogP contribution in [0, 0.1) is 5.92 Å². The summed E-state index contributed by atoms with van der Waals surface area (Å²) in [6.07, 6.45) is 2.85. The van der Waals surface area contributed by atoms with Crippen molar-refractivity contribution in [2.45, 2.75) is 45.2 Å². The van der Waals surface area contributed by atoms with Crippen molar-refractivity contribution in [1.29, 1.82) is 0 Å². The molecule has 5 heteroatoms. The molecule has 1 N–H and O–H groups in total. The van der Waals surface area contributed by atoms with Gasteiger partial charge in [0.25, 0.3) is 0 Å². The molecule has 0 radical (unpaired) electrons. The number of ether oxygens (including phenoxy) is 1. The van der Waals surface area contributed by atoms with Gasteiger partial charge in [-0.1, -0.05) is 0 Å². The molecule has 2 saturated heterocycles. The zero-order valence-corrected chi connectivity index (χ0v) is 13.8. The Labute approximate surface area is 129 Å². The molecule has 21 heavy (non-hydrogen) atoms. The summed E-state index contributed by atoms with van der Waals surface area (Å²) in [5.41, 5.74) is 0. The van der Waals surface area contributed by atoms with Crippen molar-refractivity contribution in [2.75, 3.05) is 46.4 Å². The molecule has 2 aliphatic rings. The number of hydrogen-bond donors (Lipinski definition) is 1. The van der Waals surface area contributed by atoms with Crippen molar-refractivity contribution >= 4 is 5.91 Å². The van der Waals surface area contributed by atoms with Gasteiger partial charge in [0.05, 0.1) is 13.2 Å². The summed E-state index contributed by atoms with van der Waals surface area (Å²) in [6, 6.07) is 0.804. The van der Waals surface area contributed by atoms with Crippen LogP contribution >= 0.6 is 0 Å². The highest BCUT2D eigenvalue weighted by molar-refractivity contribution is 5.77. The Morgan fingerprint density at radius 2 is 2.10 bits per heavy atom. The first-order valence-electron chi connectivity index (χ1n) is 8.35. The third-order valence-electron chi connectivity index (χ3n) is 4.81. The van der Waals surface area contributed by atoms with Crippen molar-refractivity contribution in [1.82, 2.24) is 15.1 Å². The molecule has 2 aliphatic heterocycles. The van der Waals surface area contributed by atoms with Crippen LogP contribution in [0.3, 0.4) is 0 Å². The van der Waals surface area contributed by atoms with E-state index >= 15 is 0 Å². The fourth-order valence-electron chi connectivity index (χ4n) is 3.07. The Hall–Kier alpha value is -0.650. The predicted octanol–water partition coefficient (Wildman–Crippen LogP) is 0.944.